The minimum atomic E-state index is -1.18. The van der Waals surface area contributed by atoms with Crippen molar-refractivity contribution in [3.8, 4) is 0 Å². The molecule has 30 heavy (non-hydrogen) atoms. The van der Waals surface area contributed by atoms with Crippen LogP contribution in [-0.2, 0) is 4.74 Å². The van der Waals surface area contributed by atoms with E-state index in [1.165, 1.54) is 0 Å². The van der Waals surface area contributed by atoms with Crippen molar-refractivity contribution in [3.05, 3.63) is 71.8 Å². The molecule has 0 saturated carbocycles. The zero-order valence-electron chi connectivity index (χ0n) is 18.1. The van der Waals surface area contributed by atoms with E-state index in [2.05, 4.69) is 0 Å². The summed E-state index contributed by atoms with van der Waals surface area (Å²) in [5, 5.41) is 22.0. The molecule has 2 aromatic carbocycles. The Morgan fingerprint density at radius 1 is 1.13 bits per heavy atom. The average molecular weight is 412 g/mol. The van der Waals surface area contributed by atoms with Gasteiger partial charge in [0.25, 0.3) is 0 Å². The van der Waals surface area contributed by atoms with Gasteiger partial charge in [0, 0.05) is 12.5 Å². The van der Waals surface area contributed by atoms with E-state index in [-0.39, 0.29) is 12.5 Å². The van der Waals surface area contributed by atoms with E-state index in [0.29, 0.717) is 25.8 Å². The molecular formula is C25H33NO4. The molecule has 5 nitrogen and oxygen atoms in total. The molecule has 0 radical (unpaired) electrons. The second kappa shape index (κ2) is 9.19. The van der Waals surface area contributed by atoms with Crippen LogP contribution in [0.2, 0.25) is 0 Å². The molecule has 0 unspecified atom stereocenters. The minimum absolute atomic E-state index is 0.0692. The highest BCUT2D eigenvalue weighted by atomic mass is 16.6. The standard InChI is InChI=1S/C25H33NO4/c1-24(2,3)30-23(28)26-16-10-15-25(29,22(26)20-13-8-5-9-14-20)17-21(18-27)19-11-6-4-7-12-19/h4-9,11-14,21-22,27,29H,10,15-18H2,1-3H3/t21-,22-,25-/m1/s1. The molecule has 162 valence electrons. The Kier molecular flexibility index (Phi) is 6.84. The van der Waals surface area contributed by atoms with Crippen molar-refractivity contribution in [1.82, 2.24) is 4.90 Å². The molecule has 2 aromatic rings. The topological polar surface area (TPSA) is 70.0 Å². The van der Waals surface area contributed by atoms with Gasteiger partial charge in [0.2, 0.25) is 0 Å². The number of piperidine rings is 1. The Balaban J connectivity index is 1.97. The Morgan fingerprint density at radius 3 is 2.30 bits per heavy atom. The Morgan fingerprint density at radius 2 is 1.73 bits per heavy atom. The molecule has 0 bridgehead atoms. The molecule has 1 heterocycles. The van der Waals surface area contributed by atoms with Gasteiger partial charge in [-0.3, -0.25) is 4.90 Å². The van der Waals surface area contributed by atoms with Crippen molar-refractivity contribution in [2.45, 2.75) is 63.2 Å². The number of rotatable bonds is 5. The van der Waals surface area contributed by atoms with E-state index in [9.17, 15) is 15.0 Å². The maximum atomic E-state index is 13.1. The first-order chi connectivity index (χ1) is 14.2. The van der Waals surface area contributed by atoms with Crippen molar-refractivity contribution in [2.75, 3.05) is 13.2 Å². The van der Waals surface area contributed by atoms with Gasteiger partial charge in [-0.15, -0.1) is 0 Å². The largest absolute Gasteiger partial charge is 0.444 e. The van der Waals surface area contributed by atoms with Gasteiger partial charge in [0.05, 0.1) is 18.2 Å². The van der Waals surface area contributed by atoms with Crippen LogP contribution >= 0.6 is 0 Å². The summed E-state index contributed by atoms with van der Waals surface area (Å²) in [6, 6.07) is 18.8. The lowest BCUT2D eigenvalue weighted by molar-refractivity contribution is -0.0954. The Bertz CT molecular complexity index is 818. The van der Waals surface area contributed by atoms with Crippen LogP contribution in [0.25, 0.3) is 0 Å². The third-order valence-electron chi connectivity index (χ3n) is 5.66. The van der Waals surface area contributed by atoms with Gasteiger partial charge in [-0.1, -0.05) is 60.7 Å². The minimum Gasteiger partial charge on any atom is -0.444 e. The summed E-state index contributed by atoms with van der Waals surface area (Å²) >= 11 is 0. The van der Waals surface area contributed by atoms with Gasteiger partial charge in [0.15, 0.2) is 0 Å². The summed E-state index contributed by atoms with van der Waals surface area (Å²) < 4.78 is 5.66. The zero-order chi connectivity index (χ0) is 21.8. The summed E-state index contributed by atoms with van der Waals surface area (Å²) in [4.78, 5) is 14.7. The Labute approximate surface area is 179 Å². The predicted octanol–water partition coefficient (Wildman–Crippen LogP) is 4.66. The number of likely N-dealkylation sites (tertiary alicyclic amines) is 1. The highest BCUT2D eigenvalue weighted by Crippen LogP contribution is 2.45. The van der Waals surface area contributed by atoms with Gasteiger partial charge in [0.1, 0.15) is 5.60 Å². The normalized spacial score (nSPS) is 23.1. The number of aliphatic hydroxyl groups excluding tert-OH is 1. The number of carbonyl (C=O) groups is 1. The molecule has 0 aromatic heterocycles. The van der Waals surface area contributed by atoms with Crippen LogP contribution in [0.1, 0.15) is 63.1 Å². The van der Waals surface area contributed by atoms with Crippen molar-refractivity contribution in [2.24, 2.45) is 0 Å². The number of hydrogen-bond donors (Lipinski definition) is 2. The molecule has 1 aliphatic heterocycles. The van der Waals surface area contributed by atoms with Gasteiger partial charge in [-0.25, -0.2) is 4.79 Å². The summed E-state index contributed by atoms with van der Waals surface area (Å²) in [5.41, 5.74) is 0.0515. The Hall–Kier alpha value is -2.37. The molecule has 5 heteroatoms. The number of ether oxygens (including phenoxy) is 1. The molecule has 3 rings (SSSR count). The van der Waals surface area contributed by atoms with Crippen molar-refractivity contribution >= 4 is 6.09 Å². The third kappa shape index (κ3) is 5.21. The fourth-order valence-electron chi connectivity index (χ4n) is 4.41. The van der Waals surface area contributed by atoms with Crippen LogP contribution in [0.3, 0.4) is 0 Å². The zero-order valence-corrected chi connectivity index (χ0v) is 18.1. The van der Waals surface area contributed by atoms with Gasteiger partial charge < -0.3 is 14.9 Å². The highest BCUT2D eigenvalue weighted by molar-refractivity contribution is 5.69. The van der Waals surface area contributed by atoms with Crippen LogP contribution in [0, 0.1) is 0 Å². The maximum absolute atomic E-state index is 13.1. The first-order valence-corrected chi connectivity index (χ1v) is 10.7. The molecule has 0 spiro atoms. The molecule has 1 aliphatic rings. The monoisotopic (exact) mass is 411 g/mol. The van der Waals surface area contributed by atoms with Crippen LogP contribution in [0.5, 0.6) is 0 Å². The number of hydrogen-bond acceptors (Lipinski definition) is 4. The summed E-state index contributed by atoms with van der Waals surface area (Å²) in [6.45, 7) is 5.98. The van der Waals surface area contributed by atoms with E-state index >= 15 is 0 Å². The van der Waals surface area contributed by atoms with Gasteiger partial charge in [-0.2, -0.15) is 0 Å². The van der Waals surface area contributed by atoms with Crippen LogP contribution in [0.15, 0.2) is 60.7 Å². The van der Waals surface area contributed by atoms with E-state index < -0.39 is 23.3 Å². The number of carbonyl (C=O) groups excluding carboxylic acids is 1. The van der Waals surface area contributed by atoms with Crippen molar-refractivity contribution < 1.29 is 19.7 Å². The highest BCUT2D eigenvalue weighted by Gasteiger charge is 2.48. The molecule has 1 saturated heterocycles. The number of nitrogens with zero attached hydrogens (tertiary/aromatic N) is 1. The molecular weight excluding hydrogens is 378 g/mol. The summed E-state index contributed by atoms with van der Waals surface area (Å²) in [7, 11) is 0. The summed E-state index contributed by atoms with van der Waals surface area (Å²) in [6.07, 6.45) is 1.16. The fraction of sp³-hybridized carbons (Fsp3) is 0.480. The van der Waals surface area contributed by atoms with Crippen LogP contribution in [-0.4, -0.2) is 45.6 Å². The van der Waals surface area contributed by atoms with Crippen molar-refractivity contribution in [3.63, 3.8) is 0 Å². The SMILES string of the molecule is CC(C)(C)OC(=O)N1CCC[C@@](O)(C[C@H](CO)c2ccccc2)[C@H]1c1ccccc1. The smallest absolute Gasteiger partial charge is 0.410 e. The van der Waals surface area contributed by atoms with E-state index in [0.717, 1.165) is 11.1 Å². The molecule has 0 aliphatic carbocycles. The van der Waals surface area contributed by atoms with Crippen LogP contribution < -0.4 is 0 Å². The fourth-order valence-corrected chi connectivity index (χ4v) is 4.41. The lowest BCUT2D eigenvalue weighted by Gasteiger charge is -2.48. The predicted molar refractivity (Wildman–Crippen MR) is 117 cm³/mol. The van der Waals surface area contributed by atoms with Crippen molar-refractivity contribution in [1.29, 1.82) is 0 Å². The van der Waals surface area contributed by atoms with E-state index in [1.54, 1.807) is 4.90 Å². The number of amides is 1. The number of benzene rings is 2. The van der Waals surface area contributed by atoms with E-state index in [4.69, 9.17) is 4.74 Å². The summed E-state index contributed by atoms with van der Waals surface area (Å²) in [5.74, 6) is -0.221. The lowest BCUT2D eigenvalue weighted by atomic mass is 9.74. The van der Waals surface area contributed by atoms with Gasteiger partial charge in [-0.05, 0) is 51.2 Å². The first-order valence-electron chi connectivity index (χ1n) is 10.7. The second-order valence-electron chi connectivity index (χ2n) is 9.19. The quantitative estimate of drug-likeness (QED) is 0.751. The molecule has 3 atom stereocenters. The average Bonchev–Trinajstić information content (AvgIpc) is 2.72. The second-order valence-corrected chi connectivity index (χ2v) is 9.19. The molecule has 1 fully saturated rings. The number of aliphatic hydroxyl groups is 2. The maximum Gasteiger partial charge on any atom is 0.410 e. The molecule has 1 amide bonds. The lowest BCUT2D eigenvalue weighted by Crippen LogP contribution is -2.54. The van der Waals surface area contributed by atoms with Crippen LogP contribution in [0.4, 0.5) is 4.79 Å². The van der Waals surface area contributed by atoms with Gasteiger partial charge >= 0.3 is 6.09 Å². The van der Waals surface area contributed by atoms with E-state index in [1.807, 2.05) is 81.4 Å². The third-order valence-corrected chi connectivity index (χ3v) is 5.66. The first kappa shape index (κ1) is 22.3. The molecule has 2 N–H and O–H groups in total.